The molecule has 1 aromatic rings. The topological polar surface area (TPSA) is 51.5 Å². The van der Waals surface area contributed by atoms with Crippen LogP contribution in [0.2, 0.25) is 0 Å². The van der Waals surface area contributed by atoms with Crippen molar-refractivity contribution in [2.24, 2.45) is 5.92 Å². The summed E-state index contributed by atoms with van der Waals surface area (Å²) in [5.41, 5.74) is 0. The summed E-state index contributed by atoms with van der Waals surface area (Å²) in [7, 11) is 0. The third-order valence-electron chi connectivity index (χ3n) is 3.85. The Morgan fingerprint density at radius 2 is 2.15 bits per heavy atom. The smallest absolute Gasteiger partial charge is 0.308 e. The fourth-order valence-electron chi connectivity index (χ4n) is 2.75. The highest BCUT2D eigenvalue weighted by molar-refractivity contribution is 9.10. The predicted molar refractivity (Wildman–Crippen MR) is 80.3 cm³/mol. The minimum atomic E-state index is -0.0334. The quantitative estimate of drug-likeness (QED) is 0.825. The number of carbonyl (C=O) groups is 1. The van der Waals surface area contributed by atoms with E-state index in [1.165, 1.54) is 0 Å². The molecule has 0 amide bonds. The van der Waals surface area contributed by atoms with Gasteiger partial charge in [0.25, 0.3) is 0 Å². The van der Waals surface area contributed by atoms with Crippen molar-refractivity contribution >= 4 is 21.9 Å². The second kappa shape index (κ2) is 7.27. The molecule has 0 saturated heterocycles. The first-order chi connectivity index (χ1) is 9.60. The Balaban J connectivity index is 1.78. The van der Waals surface area contributed by atoms with E-state index in [0.717, 1.165) is 36.1 Å². The second-order valence-electron chi connectivity index (χ2n) is 5.33. The molecule has 0 aromatic carbocycles. The SMILES string of the molecule is CCOC(=O)C1CCC(NC(C)c2ccc(Br)o2)CC1. The van der Waals surface area contributed by atoms with Crippen molar-refractivity contribution in [2.45, 2.75) is 51.6 Å². The van der Waals surface area contributed by atoms with Gasteiger partial charge in [-0.05, 0) is 67.6 Å². The lowest BCUT2D eigenvalue weighted by atomic mass is 9.86. The third-order valence-corrected chi connectivity index (χ3v) is 4.28. The van der Waals surface area contributed by atoms with E-state index in [4.69, 9.17) is 9.15 Å². The maximum Gasteiger partial charge on any atom is 0.308 e. The maximum atomic E-state index is 11.7. The molecule has 1 aromatic heterocycles. The summed E-state index contributed by atoms with van der Waals surface area (Å²) in [6, 6.07) is 4.52. The largest absolute Gasteiger partial charge is 0.466 e. The van der Waals surface area contributed by atoms with E-state index in [2.05, 4.69) is 28.2 Å². The molecule has 4 nitrogen and oxygen atoms in total. The zero-order valence-electron chi connectivity index (χ0n) is 12.0. The summed E-state index contributed by atoms with van der Waals surface area (Å²) in [5, 5.41) is 3.57. The molecule has 1 heterocycles. The first-order valence-electron chi connectivity index (χ1n) is 7.28. The highest BCUT2D eigenvalue weighted by Crippen LogP contribution is 2.28. The zero-order chi connectivity index (χ0) is 14.5. The molecule has 1 unspecified atom stereocenters. The Hall–Kier alpha value is -0.810. The molecule has 1 aliphatic rings. The Bertz CT molecular complexity index is 438. The molecule has 0 bridgehead atoms. The monoisotopic (exact) mass is 343 g/mol. The fraction of sp³-hybridized carbons (Fsp3) is 0.667. The van der Waals surface area contributed by atoms with Crippen molar-refractivity contribution in [2.75, 3.05) is 6.61 Å². The predicted octanol–water partition coefficient (Wildman–Crippen LogP) is 3.81. The summed E-state index contributed by atoms with van der Waals surface area (Å²) >= 11 is 3.32. The molecule has 2 rings (SSSR count). The van der Waals surface area contributed by atoms with Crippen LogP contribution in [0.1, 0.15) is 51.3 Å². The first kappa shape index (κ1) is 15.6. The van der Waals surface area contributed by atoms with Crippen LogP contribution < -0.4 is 5.32 Å². The van der Waals surface area contributed by atoms with Gasteiger partial charge in [-0.1, -0.05) is 0 Å². The van der Waals surface area contributed by atoms with E-state index >= 15 is 0 Å². The average molecular weight is 344 g/mol. The van der Waals surface area contributed by atoms with Crippen LogP contribution in [0.3, 0.4) is 0 Å². The van der Waals surface area contributed by atoms with Gasteiger partial charge in [0.05, 0.1) is 18.6 Å². The van der Waals surface area contributed by atoms with Gasteiger partial charge in [0.1, 0.15) is 5.76 Å². The molecule has 0 radical (unpaired) electrons. The molecule has 112 valence electrons. The van der Waals surface area contributed by atoms with Crippen LogP contribution >= 0.6 is 15.9 Å². The van der Waals surface area contributed by atoms with E-state index in [1.807, 2.05) is 19.1 Å². The summed E-state index contributed by atoms with van der Waals surface area (Å²) in [6.45, 7) is 4.43. The van der Waals surface area contributed by atoms with Crippen LogP contribution in [0, 0.1) is 5.92 Å². The molecular formula is C15H22BrNO3. The number of carbonyl (C=O) groups excluding carboxylic acids is 1. The summed E-state index contributed by atoms with van der Waals surface area (Å²) in [5.74, 6) is 0.986. The molecule has 0 spiro atoms. The lowest BCUT2D eigenvalue weighted by Crippen LogP contribution is -2.36. The minimum absolute atomic E-state index is 0.0334. The van der Waals surface area contributed by atoms with E-state index in [1.54, 1.807) is 0 Å². The van der Waals surface area contributed by atoms with Gasteiger partial charge >= 0.3 is 5.97 Å². The highest BCUT2D eigenvalue weighted by atomic mass is 79.9. The van der Waals surface area contributed by atoms with Crippen molar-refractivity contribution in [3.8, 4) is 0 Å². The first-order valence-corrected chi connectivity index (χ1v) is 8.07. The van der Waals surface area contributed by atoms with Gasteiger partial charge in [0, 0.05) is 6.04 Å². The van der Waals surface area contributed by atoms with E-state index < -0.39 is 0 Å². The van der Waals surface area contributed by atoms with Crippen LogP contribution in [-0.4, -0.2) is 18.6 Å². The fourth-order valence-corrected chi connectivity index (χ4v) is 3.07. The number of nitrogens with one attached hydrogen (secondary N) is 1. The number of halogens is 1. The van der Waals surface area contributed by atoms with Gasteiger partial charge in [-0.3, -0.25) is 4.79 Å². The molecule has 20 heavy (non-hydrogen) atoms. The second-order valence-corrected chi connectivity index (χ2v) is 6.11. The van der Waals surface area contributed by atoms with Gasteiger partial charge in [0.2, 0.25) is 0 Å². The Morgan fingerprint density at radius 3 is 2.70 bits per heavy atom. The molecule has 1 atom stereocenters. The van der Waals surface area contributed by atoms with Gasteiger partial charge < -0.3 is 14.5 Å². The number of hydrogen-bond donors (Lipinski definition) is 1. The van der Waals surface area contributed by atoms with Crippen molar-refractivity contribution in [3.05, 3.63) is 22.6 Å². The molecule has 1 fully saturated rings. The van der Waals surface area contributed by atoms with Crippen LogP contribution in [0.15, 0.2) is 21.2 Å². The summed E-state index contributed by atoms with van der Waals surface area (Å²) in [6.07, 6.45) is 3.83. The summed E-state index contributed by atoms with van der Waals surface area (Å²) < 4.78 is 11.4. The van der Waals surface area contributed by atoms with E-state index in [9.17, 15) is 4.79 Å². The molecule has 5 heteroatoms. The van der Waals surface area contributed by atoms with Gasteiger partial charge in [-0.2, -0.15) is 0 Å². The molecule has 1 saturated carbocycles. The van der Waals surface area contributed by atoms with Crippen LogP contribution in [0.25, 0.3) is 0 Å². The highest BCUT2D eigenvalue weighted by Gasteiger charge is 2.28. The molecular weight excluding hydrogens is 322 g/mol. The lowest BCUT2D eigenvalue weighted by Gasteiger charge is -2.29. The van der Waals surface area contributed by atoms with Gasteiger partial charge in [-0.25, -0.2) is 0 Å². The Kier molecular flexibility index (Phi) is 5.66. The average Bonchev–Trinajstić information content (AvgIpc) is 2.86. The maximum absolute atomic E-state index is 11.7. The van der Waals surface area contributed by atoms with Crippen LogP contribution in [0.4, 0.5) is 0 Å². The molecule has 1 aliphatic carbocycles. The number of hydrogen-bond acceptors (Lipinski definition) is 4. The number of rotatable bonds is 5. The zero-order valence-corrected chi connectivity index (χ0v) is 13.6. The normalized spacial score (nSPS) is 24.4. The standard InChI is InChI=1S/C15H22BrNO3/c1-3-19-15(18)11-4-6-12(7-5-11)17-10(2)13-8-9-14(16)20-13/h8-12,17H,3-7H2,1-2H3. The molecule has 1 N–H and O–H groups in total. The van der Waals surface area contributed by atoms with E-state index in [0.29, 0.717) is 12.6 Å². The van der Waals surface area contributed by atoms with Crippen molar-refractivity contribution in [1.82, 2.24) is 5.32 Å². The minimum Gasteiger partial charge on any atom is -0.466 e. The van der Waals surface area contributed by atoms with Crippen LogP contribution in [0.5, 0.6) is 0 Å². The molecule has 0 aliphatic heterocycles. The third kappa shape index (κ3) is 4.09. The lowest BCUT2D eigenvalue weighted by molar-refractivity contribution is -0.149. The van der Waals surface area contributed by atoms with Gasteiger partial charge in [0.15, 0.2) is 4.67 Å². The van der Waals surface area contributed by atoms with Crippen molar-refractivity contribution < 1.29 is 13.9 Å². The number of ether oxygens (including phenoxy) is 1. The van der Waals surface area contributed by atoms with E-state index in [-0.39, 0.29) is 17.9 Å². The van der Waals surface area contributed by atoms with Crippen molar-refractivity contribution in [1.29, 1.82) is 0 Å². The summed E-state index contributed by atoms with van der Waals surface area (Å²) in [4.78, 5) is 11.7. The van der Waals surface area contributed by atoms with Crippen LogP contribution in [-0.2, 0) is 9.53 Å². The Morgan fingerprint density at radius 1 is 1.45 bits per heavy atom. The number of furan rings is 1. The van der Waals surface area contributed by atoms with Crippen molar-refractivity contribution in [3.63, 3.8) is 0 Å². The Labute approximate surface area is 128 Å². The number of esters is 1. The van der Waals surface area contributed by atoms with Gasteiger partial charge in [-0.15, -0.1) is 0 Å².